The minimum atomic E-state index is 0.419. The normalized spacial score (nSPS) is 12.8. The summed E-state index contributed by atoms with van der Waals surface area (Å²) >= 11 is 0. The molecule has 0 radical (unpaired) electrons. The van der Waals surface area contributed by atoms with Crippen LogP contribution in [-0.2, 0) is 0 Å². The number of nitrogens with two attached hydrogens (primary N) is 1. The number of nitrogens with one attached hydrogen (secondary N) is 1. The molecule has 1 aromatic rings. The van der Waals surface area contributed by atoms with Crippen LogP contribution in [0.15, 0.2) is 24.3 Å². The third-order valence-electron chi connectivity index (χ3n) is 2.41. The maximum absolute atomic E-state index is 5.43. The molecule has 0 spiro atoms. The van der Waals surface area contributed by atoms with Gasteiger partial charge < -0.3 is 11.1 Å². The molecule has 0 amide bonds. The van der Waals surface area contributed by atoms with Crippen molar-refractivity contribution < 1.29 is 0 Å². The highest BCUT2D eigenvalue weighted by Gasteiger charge is 2.02. The Morgan fingerprint density at radius 1 is 1.29 bits per heavy atom. The van der Waals surface area contributed by atoms with Crippen molar-refractivity contribution in [1.29, 1.82) is 0 Å². The molecule has 0 saturated heterocycles. The molecule has 0 aliphatic rings. The standard InChI is InChI=1S/C12H20N2/c1-10-4-6-12(7-5-10)11(2)14-9-3-8-13/h4-7,11,14H,3,8-9,13H2,1-2H3/t11-/m0/s1. The lowest BCUT2D eigenvalue weighted by atomic mass is 10.1. The zero-order valence-corrected chi connectivity index (χ0v) is 9.09. The summed E-state index contributed by atoms with van der Waals surface area (Å²) in [6.07, 6.45) is 1.04. The molecule has 1 rings (SSSR count). The molecular weight excluding hydrogens is 172 g/mol. The smallest absolute Gasteiger partial charge is 0.0291 e. The van der Waals surface area contributed by atoms with Crippen LogP contribution in [-0.4, -0.2) is 13.1 Å². The number of rotatable bonds is 5. The third-order valence-corrected chi connectivity index (χ3v) is 2.41. The van der Waals surface area contributed by atoms with Crippen molar-refractivity contribution in [3.8, 4) is 0 Å². The Kier molecular flexibility index (Phi) is 4.63. The summed E-state index contributed by atoms with van der Waals surface area (Å²) in [4.78, 5) is 0. The first kappa shape index (κ1) is 11.2. The van der Waals surface area contributed by atoms with Crippen molar-refractivity contribution in [1.82, 2.24) is 5.32 Å². The lowest BCUT2D eigenvalue weighted by molar-refractivity contribution is 0.562. The van der Waals surface area contributed by atoms with Crippen LogP contribution < -0.4 is 11.1 Å². The maximum Gasteiger partial charge on any atom is 0.0291 e. The lowest BCUT2D eigenvalue weighted by Gasteiger charge is -2.13. The van der Waals surface area contributed by atoms with Gasteiger partial charge in [0.05, 0.1) is 0 Å². The van der Waals surface area contributed by atoms with Crippen LogP contribution in [0, 0.1) is 6.92 Å². The van der Waals surface area contributed by atoms with Gasteiger partial charge in [0.2, 0.25) is 0 Å². The van der Waals surface area contributed by atoms with E-state index in [-0.39, 0.29) is 0 Å². The van der Waals surface area contributed by atoms with E-state index in [9.17, 15) is 0 Å². The molecule has 0 aromatic heterocycles. The van der Waals surface area contributed by atoms with E-state index >= 15 is 0 Å². The summed E-state index contributed by atoms with van der Waals surface area (Å²) in [6.45, 7) is 6.04. The van der Waals surface area contributed by atoms with Crippen molar-refractivity contribution in [3.63, 3.8) is 0 Å². The van der Waals surface area contributed by atoms with E-state index in [0.717, 1.165) is 19.5 Å². The first-order chi connectivity index (χ1) is 6.74. The van der Waals surface area contributed by atoms with Gasteiger partial charge in [0.25, 0.3) is 0 Å². The highest BCUT2D eigenvalue weighted by atomic mass is 14.9. The Morgan fingerprint density at radius 2 is 1.93 bits per heavy atom. The van der Waals surface area contributed by atoms with Crippen molar-refractivity contribution >= 4 is 0 Å². The van der Waals surface area contributed by atoms with Gasteiger partial charge in [-0.15, -0.1) is 0 Å². The van der Waals surface area contributed by atoms with Crippen LogP contribution in [0.4, 0.5) is 0 Å². The van der Waals surface area contributed by atoms with E-state index in [2.05, 4.69) is 43.4 Å². The predicted molar refractivity (Wildman–Crippen MR) is 61.3 cm³/mol. The molecule has 3 N–H and O–H groups in total. The minimum Gasteiger partial charge on any atom is -0.330 e. The minimum absolute atomic E-state index is 0.419. The molecule has 0 bridgehead atoms. The maximum atomic E-state index is 5.43. The molecule has 14 heavy (non-hydrogen) atoms. The van der Waals surface area contributed by atoms with Gasteiger partial charge in [-0.3, -0.25) is 0 Å². The lowest BCUT2D eigenvalue weighted by Crippen LogP contribution is -2.21. The summed E-state index contributed by atoms with van der Waals surface area (Å²) in [5, 5.41) is 3.44. The second kappa shape index (κ2) is 5.78. The Morgan fingerprint density at radius 3 is 2.50 bits per heavy atom. The largest absolute Gasteiger partial charge is 0.330 e. The second-order valence-corrected chi connectivity index (χ2v) is 3.73. The van der Waals surface area contributed by atoms with Gasteiger partial charge in [0.15, 0.2) is 0 Å². The number of hydrogen-bond donors (Lipinski definition) is 2. The van der Waals surface area contributed by atoms with Crippen LogP contribution in [0.1, 0.15) is 30.5 Å². The molecule has 0 fully saturated rings. The number of aryl methyl sites for hydroxylation is 1. The quantitative estimate of drug-likeness (QED) is 0.700. The van der Waals surface area contributed by atoms with Gasteiger partial charge in [0.1, 0.15) is 0 Å². The summed E-state index contributed by atoms with van der Waals surface area (Å²) in [6, 6.07) is 9.07. The summed E-state index contributed by atoms with van der Waals surface area (Å²) in [5.74, 6) is 0. The molecule has 2 heteroatoms. The third kappa shape index (κ3) is 3.48. The number of benzene rings is 1. The molecular formula is C12H20N2. The van der Waals surface area contributed by atoms with Crippen molar-refractivity contribution in [2.24, 2.45) is 5.73 Å². The molecule has 0 aliphatic carbocycles. The topological polar surface area (TPSA) is 38.0 Å². The van der Waals surface area contributed by atoms with Gasteiger partial charge in [-0.25, -0.2) is 0 Å². The summed E-state index contributed by atoms with van der Waals surface area (Å²) < 4.78 is 0. The Bertz CT molecular complexity index is 254. The zero-order chi connectivity index (χ0) is 10.4. The van der Waals surface area contributed by atoms with E-state index in [0.29, 0.717) is 6.04 Å². The van der Waals surface area contributed by atoms with Crippen molar-refractivity contribution in [2.45, 2.75) is 26.3 Å². The zero-order valence-electron chi connectivity index (χ0n) is 9.09. The van der Waals surface area contributed by atoms with Gasteiger partial charge in [-0.05, 0) is 38.9 Å². The number of hydrogen-bond acceptors (Lipinski definition) is 2. The predicted octanol–water partition coefficient (Wildman–Crippen LogP) is 1.99. The van der Waals surface area contributed by atoms with E-state index < -0.39 is 0 Å². The molecule has 2 nitrogen and oxygen atoms in total. The van der Waals surface area contributed by atoms with Crippen molar-refractivity contribution in [3.05, 3.63) is 35.4 Å². The van der Waals surface area contributed by atoms with Gasteiger partial charge in [-0.1, -0.05) is 29.8 Å². The first-order valence-electron chi connectivity index (χ1n) is 5.24. The molecule has 78 valence electrons. The van der Waals surface area contributed by atoms with E-state index in [1.165, 1.54) is 11.1 Å². The van der Waals surface area contributed by atoms with E-state index in [1.54, 1.807) is 0 Å². The van der Waals surface area contributed by atoms with Crippen LogP contribution in [0.3, 0.4) is 0 Å². The molecule has 0 aliphatic heterocycles. The molecule has 1 aromatic carbocycles. The molecule has 0 saturated carbocycles. The van der Waals surface area contributed by atoms with E-state index in [1.807, 2.05) is 0 Å². The second-order valence-electron chi connectivity index (χ2n) is 3.73. The summed E-state index contributed by atoms with van der Waals surface area (Å²) in [7, 11) is 0. The SMILES string of the molecule is Cc1ccc([C@H](C)NCCCN)cc1. The highest BCUT2D eigenvalue weighted by molar-refractivity contribution is 5.23. The van der Waals surface area contributed by atoms with Crippen molar-refractivity contribution in [2.75, 3.05) is 13.1 Å². The molecule has 1 atom stereocenters. The van der Waals surface area contributed by atoms with Crippen LogP contribution in [0.2, 0.25) is 0 Å². The molecule has 0 heterocycles. The van der Waals surface area contributed by atoms with E-state index in [4.69, 9.17) is 5.73 Å². The van der Waals surface area contributed by atoms with Gasteiger partial charge >= 0.3 is 0 Å². The average molecular weight is 192 g/mol. The van der Waals surface area contributed by atoms with Gasteiger partial charge in [-0.2, -0.15) is 0 Å². The monoisotopic (exact) mass is 192 g/mol. The average Bonchev–Trinajstić information content (AvgIpc) is 2.19. The Labute approximate surface area is 86.5 Å². The fraction of sp³-hybridized carbons (Fsp3) is 0.500. The summed E-state index contributed by atoms with van der Waals surface area (Å²) in [5.41, 5.74) is 8.08. The molecule has 0 unspecified atom stereocenters. The highest BCUT2D eigenvalue weighted by Crippen LogP contribution is 2.12. The Hall–Kier alpha value is -0.860. The van der Waals surface area contributed by atoms with Gasteiger partial charge in [0, 0.05) is 6.04 Å². The Balaban J connectivity index is 2.43. The van der Waals surface area contributed by atoms with Crippen LogP contribution >= 0.6 is 0 Å². The van der Waals surface area contributed by atoms with Crippen LogP contribution in [0.25, 0.3) is 0 Å². The fourth-order valence-corrected chi connectivity index (χ4v) is 1.39. The first-order valence-corrected chi connectivity index (χ1v) is 5.24. The van der Waals surface area contributed by atoms with Crippen LogP contribution in [0.5, 0.6) is 0 Å². The fourth-order valence-electron chi connectivity index (χ4n) is 1.39.